The van der Waals surface area contributed by atoms with Crippen molar-refractivity contribution >= 4 is 0 Å². The van der Waals surface area contributed by atoms with E-state index in [0.29, 0.717) is 23.7 Å². The molecular weight excluding hydrogens is 781 g/mol. The Morgan fingerprint density at radius 1 is 0.400 bits per heavy atom. The Bertz CT molecular complexity index is 2110. The SMILES string of the molecule is C=C(C)CCC(=C)CCCc1ccc(CC(=C)C2CCC(C(=C)Cc3ccc(CC(=C)C4CCC(C(=C)Cc5ccc(CCCC(=C)CCC(=C)CC)cc5)CC4)c(C)c3C)CC2)cc1. The number of benzene rings is 3. The number of rotatable bonds is 27. The molecule has 0 radical (unpaired) electrons. The third kappa shape index (κ3) is 16.8. The zero-order valence-corrected chi connectivity index (χ0v) is 42.0. The van der Waals surface area contributed by atoms with E-state index in [1.54, 1.807) is 0 Å². The van der Waals surface area contributed by atoms with Gasteiger partial charge >= 0.3 is 0 Å². The predicted molar refractivity (Wildman–Crippen MR) is 288 cm³/mol. The quantitative estimate of drug-likeness (QED) is 0.0670. The number of hydrogen-bond donors (Lipinski definition) is 0. The summed E-state index contributed by atoms with van der Waals surface area (Å²) in [5.74, 6) is 2.45. The molecule has 65 heavy (non-hydrogen) atoms. The smallest absolute Gasteiger partial charge is 0.00643 e. The summed E-state index contributed by atoms with van der Waals surface area (Å²) in [6, 6.07) is 23.4. The average Bonchev–Trinajstić information content (AvgIpc) is 3.31. The summed E-state index contributed by atoms with van der Waals surface area (Å²) >= 11 is 0. The van der Waals surface area contributed by atoms with Gasteiger partial charge in [-0.25, -0.2) is 0 Å². The molecule has 3 aromatic carbocycles. The second kappa shape index (κ2) is 26.1. The van der Waals surface area contributed by atoms with Gasteiger partial charge in [0.2, 0.25) is 0 Å². The summed E-state index contributed by atoms with van der Waals surface area (Å²) in [6.07, 6.45) is 26.0. The van der Waals surface area contributed by atoms with E-state index in [2.05, 4.69) is 141 Å². The molecule has 0 aromatic heterocycles. The van der Waals surface area contributed by atoms with Crippen LogP contribution < -0.4 is 0 Å². The van der Waals surface area contributed by atoms with Crippen LogP contribution in [0.2, 0.25) is 0 Å². The molecule has 5 rings (SSSR count). The van der Waals surface area contributed by atoms with E-state index < -0.39 is 0 Å². The molecule has 2 aliphatic carbocycles. The molecule has 2 aliphatic rings. The first-order valence-electron chi connectivity index (χ1n) is 25.8. The Labute approximate surface area is 399 Å². The molecule has 0 nitrogen and oxygen atoms in total. The van der Waals surface area contributed by atoms with Crippen LogP contribution in [0.4, 0.5) is 0 Å². The van der Waals surface area contributed by atoms with E-state index in [1.807, 2.05) is 0 Å². The highest BCUT2D eigenvalue weighted by atomic mass is 14.3. The minimum Gasteiger partial charge on any atom is -0.100 e. The summed E-state index contributed by atoms with van der Waals surface area (Å²) in [5, 5.41) is 0. The van der Waals surface area contributed by atoms with Gasteiger partial charge in [0.1, 0.15) is 0 Å². The van der Waals surface area contributed by atoms with E-state index in [0.717, 1.165) is 83.5 Å². The summed E-state index contributed by atoms with van der Waals surface area (Å²) < 4.78 is 0. The minimum absolute atomic E-state index is 0.606. The van der Waals surface area contributed by atoms with Crippen LogP contribution in [0.3, 0.4) is 0 Å². The van der Waals surface area contributed by atoms with Crippen LogP contribution in [0.5, 0.6) is 0 Å². The van der Waals surface area contributed by atoms with Crippen molar-refractivity contribution in [2.75, 3.05) is 0 Å². The van der Waals surface area contributed by atoms with E-state index in [1.165, 1.54) is 153 Å². The van der Waals surface area contributed by atoms with Gasteiger partial charge in [-0.15, -0.1) is 6.58 Å². The first-order valence-corrected chi connectivity index (χ1v) is 25.8. The van der Waals surface area contributed by atoms with Gasteiger partial charge in [-0.2, -0.15) is 0 Å². The summed E-state index contributed by atoms with van der Waals surface area (Å²) in [4.78, 5) is 0. The number of hydrogen-bond acceptors (Lipinski definition) is 0. The number of aryl methyl sites for hydroxylation is 2. The molecule has 0 saturated heterocycles. The molecule has 2 fully saturated rings. The van der Waals surface area contributed by atoms with Gasteiger partial charge in [-0.3, -0.25) is 0 Å². The minimum atomic E-state index is 0.606. The molecule has 0 bridgehead atoms. The molecule has 3 aromatic rings. The molecular formula is C65H88. The molecule has 0 spiro atoms. The van der Waals surface area contributed by atoms with Crippen molar-refractivity contribution in [1.82, 2.24) is 0 Å². The van der Waals surface area contributed by atoms with Crippen molar-refractivity contribution in [1.29, 1.82) is 0 Å². The second-order valence-electron chi connectivity index (χ2n) is 21.0. The topological polar surface area (TPSA) is 0 Å². The van der Waals surface area contributed by atoms with Crippen molar-refractivity contribution in [2.45, 2.75) is 175 Å². The molecule has 0 heteroatoms. The lowest BCUT2D eigenvalue weighted by Gasteiger charge is -2.32. The van der Waals surface area contributed by atoms with Gasteiger partial charge in [0, 0.05) is 0 Å². The summed E-state index contributed by atoms with van der Waals surface area (Å²) in [7, 11) is 0. The highest BCUT2D eigenvalue weighted by Gasteiger charge is 2.27. The molecule has 348 valence electrons. The largest absolute Gasteiger partial charge is 0.100 e. The van der Waals surface area contributed by atoms with Crippen molar-refractivity contribution in [3.05, 3.63) is 202 Å². The van der Waals surface area contributed by atoms with Crippen LogP contribution in [-0.4, -0.2) is 0 Å². The van der Waals surface area contributed by atoms with Crippen LogP contribution in [0.25, 0.3) is 0 Å². The lowest BCUT2D eigenvalue weighted by Crippen LogP contribution is -2.19. The maximum Gasteiger partial charge on any atom is -0.00643 e. The van der Waals surface area contributed by atoms with Crippen molar-refractivity contribution < 1.29 is 0 Å². The van der Waals surface area contributed by atoms with Gasteiger partial charge in [-0.1, -0.05) is 158 Å². The molecule has 0 atom stereocenters. The normalized spacial score (nSPS) is 18.5. The molecule has 0 amide bonds. The molecule has 0 aliphatic heterocycles. The summed E-state index contributed by atoms with van der Waals surface area (Å²) in [6.45, 7) is 44.3. The lowest BCUT2D eigenvalue weighted by atomic mass is 9.73. The second-order valence-corrected chi connectivity index (χ2v) is 21.0. The third-order valence-corrected chi connectivity index (χ3v) is 15.7. The fraction of sp³-hybridized carbons (Fsp3) is 0.477. The molecule has 0 N–H and O–H groups in total. The third-order valence-electron chi connectivity index (χ3n) is 15.7. The molecule has 2 saturated carbocycles. The van der Waals surface area contributed by atoms with Gasteiger partial charge < -0.3 is 0 Å². The Balaban J connectivity index is 0.986. The van der Waals surface area contributed by atoms with E-state index in [9.17, 15) is 0 Å². The van der Waals surface area contributed by atoms with E-state index in [-0.39, 0.29) is 0 Å². The van der Waals surface area contributed by atoms with Gasteiger partial charge in [-0.05, 0) is 237 Å². The Morgan fingerprint density at radius 3 is 1.05 bits per heavy atom. The Morgan fingerprint density at radius 2 is 0.708 bits per heavy atom. The fourth-order valence-electron chi connectivity index (χ4n) is 10.6. The average molecular weight is 869 g/mol. The Kier molecular flexibility index (Phi) is 20.7. The Hall–Kier alpha value is -4.42. The lowest BCUT2D eigenvalue weighted by molar-refractivity contribution is 0.328. The fourth-order valence-corrected chi connectivity index (χ4v) is 10.6. The van der Waals surface area contributed by atoms with Crippen molar-refractivity contribution in [2.24, 2.45) is 23.7 Å². The highest BCUT2D eigenvalue weighted by molar-refractivity contribution is 5.43. The molecule has 0 unspecified atom stereocenters. The van der Waals surface area contributed by atoms with Gasteiger partial charge in [0.15, 0.2) is 0 Å². The summed E-state index contributed by atoms with van der Waals surface area (Å²) in [5.41, 5.74) is 22.4. The van der Waals surface area contributed by atoms with E-state index >= 15 is 0 Å². The maximum atomic E-state index is 4.69. The maximum absolute atomic E-state index is 4.69. The number of allylic oxidation sites excluding steroid dienone is 8. The van der Waals surface area contributed by atoms with Gasteiger partial charge in [0.05, 0.1) is 0 Å². The highest BCUT2D eigenvalue weighted by Crippen LogP contribution is 2.40. The van der Waals surface area contributed by atoms with Crippen LogP contribution in [0.1, 0.15) is 168 Å². The molecule has 0 heterocycles. The zero-order chi connectivity index (χ0) is 46.9. The zero-order valence-electron chi connectivity index (χ0n) is 42.0. The van der Waals surface area contributed by atoms with Crippen molar-refractivity contribution in [3.8, 4) is 0 Å². The van der Waals surface area contributed by atoms with Crippen LogP contribution in [0.15, 0.2) is 158 Å². The van der Waals surface area contributed by atoms with Gasteiger partial charge in [0.25, 0.3) is 0 Å². The van der Waals surface area contributed by atoms with Crippen LogP contribution >= 0.6 is 0 Å². The van der Waals surface area contributed by atoms with E-state index in [4.69, 9.17) is 0 Å². The van der Waals surface area contributed by atoms with Crippen LogP contribution in [0, 0.1) is 37.5 Å². The van der Waals surface area contributed by atoms with Crippen LogP contribution in [-0.2, 0) is 38.5 Å². The standard InChI is InChI=1S/C65H88/c1-13-47(4)22-23-49(6)17-15-19-57-26-30-59(31-27-57)43-51(8)61-34-38-63(39-35-61)53(10)45-65-41-40-64(54(11)55(65)12)44-52(9)62-36-32-60(33-37-62)50(7)42-58-28-24-56(25-29-58)18-14-16-48(5)21-20-46(2)3/h24-31,40-41,60-63H,2,4-10,13-23,32-39,42-45H2,1,3,11-12H3. The first kappa shape index (κ1) is 51.6. The predicted octanol–water partition coefficient (Wildman–Crippen LogP) is 18.6. The van der Waals surface area contributed by atoms with Crippen molar-refractivity contribution in [3.63, 3.8) is 0 Å². The first-order chi connectivity index (χ1) is 31.2. The monoisotopic (exact) mass is 869 g/mol.